The lowest BCUT2D eigenvalue weighted by Gasteiger charge is -2.28. The maximum Gasteiger partial charge on any atom is 0.312 e. The lowest BCUT2D eigenvalue weighted by atomic mass is 9.96. The van der Waals surface area contributed by atoms with E-state index in [1.54, 1.807) is 30.7 Å². The Morgan fingerprint density at radius 1 is 1.31 bits per heavy atom. The summed E-state index contributed by atoms with van der Waals surface area (Å²) in [6.45, 7) is 5.77. The predicted octanol–water partition coefficient (Wildman–Crippen LogP) is 1.03. The number of carbonyl (C=O) groups excluding carboxylic acids is 1. The minimum absolute atomic E-state index is 0.00432. The molecule has 2 N–H and O–H groups in total. The Kier molecular flexibility index (Phi) is 5.10. The first-order chi connectivity index (χ1) is 13.9. The minimum atomic E-state index is -0.379. The molecule has 10 heteroatoms. The van der Waals surface area contributed by atoms with Crippen LogP contribution in [0.3, 0.4) is 0 Å². The van der Waals surface area contributed by atoms with Crippen molar-refractivity contribution >= 4 is 17.3 Å². The number of likely N-dealkylation sites (tertiary alicyclic amines) is 1. The number of nitrogens with one attached hydrogen (secondary N) is 2. The van der Waals surface area contributed by atoms with Gasteiger partial charge in [0, 0.05) is 30.5 Å². The number of anilines is 1. The van der Waals surface area contributed by atoms with Gasteiger partial charge in [0.15, 0.2) is 18.2 Å². The molecule has 0 saturated carbocycles. The Morgan fingerprint density at radius 2 is 2.03 bits per heavy atom. The number of fused-ring (bicyclic) bond motifs is 1. The number of piperidine rings is 1. The molecule has 3 heterocycles. The van der Waals surface area contributed by atoms with E-state index in [4.69, 9.17) is 9.47 Å². The maximum atomic E-state index is 12.6. The van der Waals surface area contributed by atoms with Crippen molar-refractivity contribution in [2.75, 3.05) is 25.2 Å². The number of aryl methyl sites for hydroxylation is 1. The van der Waals surface area contributed by atoms with Crippen LogP contribution in [0.4, 0.5) is 11.4 Å². The first-order valence-electron chi connectivity index (χ1n) is 9.65. The molecule has 2 aliphatic heterocycles. The fourth-order valence-electron chi connectivity index (χ4n) is 3.98. The minimum Gasteiger partial charge on any atom is -0.454 e. The smallest absolute Gasteiger partial charge is 0.312 e. The number of aromatic nitrogens is 2. The van der Waals surface area contributed by atoms with E-state index in [0.29, 0.717) is 35.2 Å². The van der Waals surface area contributed by atoms with Crippen LogP contribution in [0.2, 0.25) is 0 Å². The molecule has 2 aliphatic rings. The summed E-state index contributed by atoms with van der Waals surface area (Å²) in [6.07, 6.45) is 1.51. The fraction of sp³-hybridized carbons (Fsp3) is 0.474. The molecule has 0 bridgehead atoms. The zero-order chi connectivity index (χ0) is 20.5. The average Bonchev–Trinajstić information content (AvgIpc) is 3.26. The molecular formula is C19H24N5O5+. The highest BCUT2D eigenvalue weighted by Crippen LogP contribution is 2.34. The van der Waals surface area contributed by atoms with Crippen molar-refractivity contribution in [3.05, 3.63) is 39.7 Å². The third kappa shape index (κ3) is 3.88. The first-order valence-corrected chi connectivity index (χ1v) is 9.65. The highest BCUT2D eigenvalue weighted by molar-refractivity contribution is 5.92. The van der Waals surface area contributed by atoms with Crippen LogP contribution in [-0.2, 0) is 11.5 Å². The van der Waals surface area contributed by atoms with Gasteiger partial charge in [-0.05, 0) is 26.0 Å². The Labute approximate surface area is 167 Å². The van der Waals surface area contributed by atoms with E-state index in [9.17, 15) is 14.9 Å². The molecule has 0 radical (unpaired) electrons. The topological polar surface area (TPSA) is 113 Å². The molecule has 1 amide bonds. The lowest BCUT2D eigenvalue weighted by Crippen LogP contribution is -3.12. The molecule has 1 saturated heterocycles. The molecule has 1 aromatic heterocycles. The number of hydrogen-bond acceptors (Lipinski definition) is 6. The summed E-state index contributed by atoms with van der Waals surface area (Å²) < 4.78 is 12.3. The molecule has 0 atom stereocenters. The summed E-state index contributed by atoms with van der Waals surface area (Å²) in [5.41, 5.74) is 1.79. The van der Waals surface area contributed by atoms with Crippen LogP contribution in [0.25, 0.3) is 0 Å². The highest BCUT2D eigenvalue weighted by atomic mass is 16.7. The number of ether oxygens (including phenoxy) is 2. The molecule has 1 fully saturated rings. The Bertz CT molecular complexity index is 949. The molecule has 10 nitrogen and oxygen atoms in total. The predicted molar refractivity (Wildman–Crippen MR) is 103 cm³/mol. The molecule has 154 valence electrons. The van der Waals surface area contributed by atoms with Crippen LogP contribution in [0, 0.1) is 29.9 Å². The molecule has 0 aliphatic carbocycles. The van der Waals surface area contributed by atoms with Crippen LogP contribution >= 0.6 is 0 Å². The number of benzene rings is 1. The van der Waals surface area contributed by atoms with Gasteiger partial charge in [0.1, 0.15) is 11.4 Å². The van der Waals surface area contributed by atoms with Crippen molar-refractivity contribution in [1.29, 1.82) is 0 Å². The summed E-state index contributed by atoms with van der Waals surface area (Å²) in [7, 11) is 0. The van der Waals surface area contributed by atoms with Crippen molar-refractivity contribution in [3.63, 3.8) is 0 Å². The van der Waals surface area contributed by atoms with Gasteiger partial charge in [0.2, 0.25) is 12.7 Å². The maximum absolute atomic E-state index is 12.6. The van der Waals surface area contributed by atoms with E-state index in [1.807, 2.05) is 6.07 Å². The Hall–Kier alpha value is -3.14. The Morgan fingerprint density at radius 3 is 2.72 bits per heavy atom. The zero-order valence-electron chi connectivity index (χ0n) is 16.4. The monoisotopic (exact) mass is 402 g/mol. The summed E-state index contributed by atoms with van der Waals surface area (Å²) in [6, 6.07) is 5.37. The van der Waals surface area contributed by atoms with Crippen LogP contribution in [0.1, 0.15) is 24.2 Å². The van der Waals surface area contributed by atoms with Gasteiger partial charge in [-0.2, -0.15) is 5.10 Å². The molecule has 29 heavy (non-hydrogen) atoms. The van der Waals surface area contributed by atoms with Crippen LogP contribution in [-0.4, -0.2) is 40.5 Å². The SMILES string of the molecule is Cc1nn(C[NH+]2CCC(C(=O)Nc3ccc4c(c3)OCO4)CC2)c(C)c1[N+](=O)[O-]. The number of amides is 1. The van der Waals surface area contributed by atoms with Crippen LogP contribution in [0.5, 0.6) is 11.5 Å². The molecule has 0 spiro atoms. The second kappa shape index (κ2) is 7.70. The second-order valence-electron chi connectivity index (χ2n) is 7.52. The Balaban J connectivity index is 1.32. The van der Waals surface area contributed by atoms with Crippen molar-refractivity contribution < 1.29 is 24.1 Å². The quantitative estimate of drug-likeness (QED) is 0.571. The number of quaternary nitrogens is 1. The average molecular weight is 402 g/mol. The van der Waals surface area contributed by atoms with Gasteiger partial charge in [-0.25, -0.2) is 4.68 Å². The number of nitro groups is 1. The van der Waals surface area contributed by atoms with E-state index < -0.39 is 0 Å². The van der Waals surface area contributed by atoms with Gasteiger partial charge in [-0.15, -0.1) is 0 Å². The highest BCUT2D eigenvalue weighted by Gasteiger charge is 2.30. The number of carbonyl (C=O) groups is 1. The summed E-state index contributed by atoms with van der Waals surface area (Å²) in [5.74, 6) is 1.27. The summed E-state index contributed by atoms with van der Waals surface area (Å²) >= 11 is 0. The van der Waals surface area contributed by atoms with E-state index in [1.165, 1.54) is 4.90 Å². The van der Waals surface area contributed by atoms with Gasteiger partial charge in [0.05, 0.1) is 18.0 Å². The normalized spacial score (nSPS) is 20.5. The second-order valence-corrected chi connectivity index (χ2v) is 7.52. The van der Waals surface area contributed by atoms with Crippen molar-refractivity contribution in [1.82, 2.24) is 9.78 Å². The third-order valence-electron chi connectivity index (χ3n) is 5.60. The number of hydrogen-bond donors (Lipinski definition) is 2. The molecule has 2 aromatic rings. The third-order valence-corrected chi connectivity index (χ3v) is 5.60. The molecular weight excluding hydrogens is 378 g/mol. The van der Waals surface area contributed by atoms with Gasteiger partial charge in [0.25, 0.3) is 0 Å². The fourth-order valence-corrected chi connectivity index (χ4v) is 3.98. The van der Waals surface area contributed by atoms with Crippen molar-refractivity contribution in [3.8, 4) is 11.5 Å². The largest absolute Gasteiger partial charge is 0.454 e. The van der Waals surface area contributed by atoms with Gasteiger partial charge in [-0.3, -0.25) is 14.9 Å². The van der Waals surface area contributed by atoms with Crippen LogP contribution < -0.4 is 19.7 Å². The van der Waals surface area contributed by atoms with E-state index >= 15 is 0 Å². The van der Waals surface area contributed by atoms with Gasteiger partial charge >= 0.3 is 5.69 Å². The van der Waals surface area contributed by atoms with Crippen molar-refractivity contribution in [2.45, 2.75) is 33.4 Å². The first kappa shape index (κ1) is 19.2. The van der Waals surface area contributed by atoms with Crippen LogP contribution in [0.15, 0.2) is 18.2 Å². The van der Waals surface area contributed by atoms with Gasteiger partial charge in [-0.1, -0.05) is 0 Å². The van der Waals surface area contributed by atoms with Gasteiger partial charge < -0.3 is 19.7 Å². The lowest BCUT2D eigenvalue weighted by molar-refractivity contribution is -0.928. The van der Waals surface area contributed by atoms with E-state index in [-0.39, 0.29) is 29.2 Å². The molecule has 4 rings (SSSR count). The summed E-state index contributed by atoms with van der Waals surface area (Å²) in [5, 5.41) is 18.4. The molecule has 0 unspecified atom stereocenters. The van der Waals surface area contributed by atoms with E-state index in [0.717, 1.165) is 25.9 Å². The number of rotatable bonds is 5. The molecule has 1 aromatic carbocycles. The summed E-state index contributed by atoms with van der Waals surface area (Å²) in [4.78, 5) is 24.7. The van der Waals surface area contributed by atoms with E-state index in [2.05, 4.69) is 10.4 Å². The van der Waals surface area contributed by atoms with Crippen molar-refractivity contribution in [2.24, 2.45) is 5.92 Å². The zero-order valence-corrected chi connectivity index (χ0v) is 16.4. The standard InChI is InChI=1S/C19H23N5O5/c1-12-18(24(26)27)13(2)23(21-12)10-22-7-5-14(6-8-22)19(25)20-15-3-4-16-17(9-15)29-11-28-16/h3-4,9,14H,5-8,10-11H2,1-2H3,(H,20,25)/p+1. The number of nitrogens with zero attached hydrogens (tertiary/aromatic N) is 3.